The molecule has 0 aromatic carbocycles. The third kappa shape index (κ3) is 7.00. The maximum atomic E-state index is 11.7. The van der Waals surface area contributed by atoms with E-state index in [4.69, 9.17) is 4.74 Å². The molecule has 1 saturated heterocycles. The van der Waals surface area contributed by atoms with Gasteiger partial charge < -0.3 is 10.1 Å². The lowest BCUT2D eigenvalue weighted by Gasteiger charge is -2.31. The van der Waals surface area contributed by atoms with Gasteiger partial charge in [-0.15, -0.1) is 12.4 Å². The Balaban J connectivity index is 0.00000196. The van der Waals surface area contributed by atoms with E-state index in [0.717, 1.165) is 26.2 Å². The quantitative estimate of drug-likeness (QED) is 0.730. The zero-order valence-electron chi connectivity index (χ0n) is 8.92. The number of hydrogen-bond donors (Lipinski definition) is 1. The van der Waals surface area contributed by atoms with Crippen LogP contribution >= 0.6 is 12.4 Å². The predicted molar refractivity (Wildman–Crippen MR) is 58.0 cm³/mol. The summed E-state index contributed by atoms with van der Waals surface area (Å²) in [5, 5.41) is 3.32. The van der Waals surface area contributed by atoms with Gasteiger partial charge >= 0.3 is 0 Å². The molecule has 0 aromatic rings. The highest BCUT2D eigenvalue weighted by Gasteiger charge is 2.14. The van der Waals surface area contributed by atoms with Crippen LogP contribution in [0.3, 0.4) is 0 Å². The van der Waals surface area contributed by atoms with Gasteiger partial charge in [0, 0.05) is 32.2 Å². The molecule has 1 atom stereocenters. The smallest absolute Gasteiger partial charge is 0.261 e. The van der Waals surface area contributed by atoms with Crippen molar-refractivity contribution in [3.8, 4) is 0 Å². The molecule has 0 bridgehead atoms. The number of halogens is 3. The third-order valence-corrected chi connectivity index (χ3v) is 2.25. The maximum Gasteiger partial charge on any atom is 0.261 e. The second-order valence-corrected chi connectivity index (χ2v) is 3.62. The van der Waals surface area contributed by atoms with Crippen molar-refractivity contribution in [1.82, 2.24) is 10.2 Å². The highest BCUT2D eigenvalue weighted by molar-refractivity contribution is 5.85. The summed E-state index contributed by atoms with van der Waals surface area (Å²) in [6, 6.07) is 0.485. The van der Waals surface area contributed by atoms with E-state index in [-0.39, 0.29) is 12.4 Å². The second kappa shape index (κ2) is 8.21. The summed E-state index contributed by atoms with van der Waals surface area (Å²) >= 11 is 0. The van der Waals surface area contributed by atoms with Crippen molar-refractivity contribution < 1.29 is 13.5 Å². The van der Waals surface area contributed by atoms with E-state index in [1.54, 1.807) is 0 Å². The number of alkyl halides is 2. The molecule has 1 N–H and O–H groups in total. The number of hydrogen-bond acceptors (Lipinski definition) is 3. The summed E-state index contributed by atoms with van der Waals surface area (Å²) in [6.45, 7) is 5.74. The number of nitrogens with one attached hydrogen (secondary N) is 1. The fourth-order valence-electron chi connectivity index (χ4n) is 1.58. The number of nitrogens with zero attached hydrogens (tertiary/aromatic N) is 1. The average molecular weight is 245 g/mol. The van der Waals surface area contributed by atoms with E-state index in [1.165, 1.54) is 0 Å². The van der Waals surface area contributed by atoms with Gasteiger partial charge in [0.05, 0.1) is 6.61 Å². The fraction of sp³-hybridized carbons (Fsp3) is 1.00. The van der Waals surface area contributed by atoms with Crippen LogP contribution in [0.25, 0.3) is 0 Å². The van der Waals surface area contributed by atoms with Crippen LogP contribution in [0, 0.1) is 0 Å². The first-order valence-corrected chi connectivity index (χ1v) is 5.00. The van der Waals surface area contributed by atoms with E-state index in [1.807, 2.05) is 0 Å². The Hall–Kier alpha value is 0.0300. The van der Waals surface area contributed by atoms with E-state index >= 15 is 0 Å². The van der Waals surface area contributed by atoms with Gasteiger partial charge in [0.15, 0.2) is 0 Å². The van der Waals surface area contributed by atoms with Crippen LogP contribution in [-0.2, 0) is 4.74 Å². The average Bonchev–Trinajstić information content (AvgIpc) is 2.12. The molecule has 3 nitrogen and oxygen atoms in total. The van der Waals surface area contributed by atoms with Gasteiger partial charge in [-0.25, -0.2) is 8.78 Å². The van der Waals surface area contributed by atoms with Gasteiger partial charge in [0.25, 0.3) is 6.43 Å². The van der Waals surface area contributed by atoms with Crippen LogP contribution in [0.4, 0.5) is 8.78 Å². The van der Waals surface area contributed by atoms with Crippen molar-refractivity contribution in [2.45, 2.75) is 19.4 Å². The molecule has 1 fully saturated rings. The molecule has 0 radical (unpaired) electrons. The van der Waals surface area contributed by atoms with Crippen LogP contribution in [0.15, 0.2) is 0 Å². The van der Waals surface area contributed by atoms with Crippen LogP contribution in [0.1, 0.15) is 6.92 Å². The third-order valence-electron chi connectivity index (χ3n) is 2.25. The summed E-state index contributed by atoms with van der Waals surface area (Å²) in [5.74, 6) is 0. The second-order valence-electron chi connectivity index (χ2n) is 3.62. The molecular formula is C9H19ClF2N2O. The van der Waals surface area contributed by atoms with E-state index in [9.17, 15) is 8.78 Å². The van der Waals surface area contributed by atoms with E-state index in [2.05, 4.69) is 17.1 Å². The number of ether oxygens (including phenoxy) is 1. The molecule has 15 heavy (non-hydrogen) atoms. The van der Waals surface area contributed by atoms with Gasteiger partial charge in [0.2, 0.25) is 0 Å². The molecule has 1 unspecified atom stereocenters. The molecule has 1 aliphatic heterocycles. The lowest BCUT2D eigenvalue weighted by Crippen LogP contribution is -2.50. The Labute approximate surface area is 95.6 Å². The normalized spacial score (nSPS) is 22.8. The minimum atomic E-state index is -2.35. The largest absolute Gasteiger partial charge is 0.374 e. The standard InChI is InChI=1S/C9H18F2N2O.ClH/c1-8-6-13(3-2-12-8)4-5-14-7-9(10)11;/h8-9,12H,2-7H2,1H3;1H. The lowest BCUT2D eigenvalue weighted by atomic mass is 10.2. The first-order chi connectivity index (χ1) is 6.68. The molecule has 92 valence electrons. The SMILES string of the molecule is CC1CN(CCOCC(F)F)CCN1.Cl. The van der Waals surface area contributed by atoms with E-state index < -0.39 is 13.0 Å². The van der Waals surface area contributed by atoms with Crippen molar-refractivity contribution in [2.24, 2.45) is 0 Å². The Morgan fingerprint density at radius 1 is 1.53 bits per heavy atom. The molecule has 6 heteroatoms. The minimum absolute atomic E-state index is 0. The summed E-state index contributed by atoms with van der Waals surface area (Å²) in [5.41, 5.74) is 0. The Morgan fingerprint density at radius 3 is 2.87 bits per heavy atom. The van der Waals surface area contributed by atoms with Gasteiger partial charge in [-0.1, -0.05) is 0 Å². The maximum absolute atomic E-state index is 11.7. The monoisotopic (exact) mass is 244 g/mol. The van der Waals surface area contributed by atoms with Crippen molar-refractivity contribution in [3.05, 3.63) is 0 Å². The first-order valence-electron chi connectivity index (χ1n) is 5.00. The Kier molecular flexibility index (Phi) is 8.23. The molecule has 1 rings (SSSR count). The Morgan fingerprint density at radius 2 is 2.27 bits per heavy atom. The van der Waals surface area contributed by atoms with Crippen molar-refractivity contribution in [3.63, 3.8) is 0 Å². The minimum Gasteiger partial charge on any atom is -0.374 e. The van der Waals surface area contributed by atoms with Crippen molar-refractivity contribution in [2.75, 3.05) is 39.4 Å². The zero-order chi connectivity index (χ0) is 10.4. The predicted octanol–water partition coefficient (Wildman–Crippen LogP) is 0.984. The van der Waals surface area contributed by atoms with Gasteiger partial charge in [-0.05, 0) is 6.92 Å². The highest BCUT2D eigenvalue weighted by Crippen LogP contribution is 1.98. The molecule has 1 aliphatic rings. The van der Waals surface area contributed by atoms with E-state index in [0.29, 0.717) is 12.6 Å². The highest BCUT2D eigenvalue weighted by atomic mass is 35.5. The van der Waals surface area contributed by atoms with Crippen LogP contribution in [-0.4, -0.2) is 56.8 Å². The number of rotatable bonds is 5. The molecule has 1 heterocycles. The zero-order valence-corrected chi connectivity index (χ0v) is 9.73. The summed E-state index contributed by atoms with van der Waals surface area (Å²) < 4.78 is 28.2. The Bertz CT molecular complexity index is 163. The van der Waals surface area contributed by atoms with Crippen molar-refractivity contribution >= 4 is 12.4 Å². The number of piperazine rings is 1. The van der Waals surface area contributed by atoms with Gasteiger partial charge in [-0.3, -0.25) is 4.90 Å². The molecule has 0 aromatic heterocycles. The molecule has 0 spiro atoms. The van der Waals surface area contributed by atoms with Crippen LogP contribution in [0.2, 0.25) is 0 Å². The van der Waals surface area contributed by atoms with Crippen LogP contribution < -0.4 is 5.32 Å². The topological polar surface area (TPSA) is 24.5 Å². The first kappa shape index (κ1) is 15.0. The molecule has 0 aliphatic carbocycles. The molecular weight excluding hydrogens is 226 g/mol. The van der Waals surface area contributed by atoms with Gasteiger partial charge in [0.1, 0.15) is 6.61 Å². The fourth-order valence-corrected chi connectivity index (χ4v) is 1.58. The lowest BCUT2D eigenvalue weighted by molar-refractivity contribution is 0.00779. The van der Waals surface area contributed by atoms with Crippen LogP contribution in [0.5, 0.6) is 0 Å². The van der Waals surface area contributed by atoms with Gasteiger partial charge in [-0.2, -0.15) is 0 Å². The summed E-state index contributed by atoms with van der Waals surface area (Å²) in [4.78, 5) is 2.23. The summed E-state index contributed by atoms with van der Waals surface area (Å²) in [7, 11) is 0. The molecule has 0 amide bonds. The summed E-state index contributed by atoms with van der Waals surface area (Å²) in [6.07, 6.45) is -2.35. The van der Waals surface area contributed by atoms with Crippen molar-refractivity contribution in [1.29, 1.82) is 0 Å². The molecule has 0 saturated carbocycles.